The fourth-order valence-electron chi connectivity index (χ4n) is 2.48. The zero-order valence-electron chi connectivity index (χ0n) is 11.1. The Balaban J connectivity index is 2.18. The molecule has 1 aliphatic heterocycles. The van der Waals surface area contributed by atoms with E-state index in [9.17, 15) is 5.11 Å². The fraction of sp³-hybridized carbons (Fsp3) is 0.600. The van der Waals surface area contributed by atoms with Gasteiger partial charge in [0.2, 0.25) is 0 Å². The molecule has 1 aliphatic rings. The molecule has 2 rings (SSSR count). The SMILES string of the molecule is C[C@@H](O)c1ccccc1N1CCC(C)(C)CC1. The molecule has 1 fully saturated rings. The van der Waals surface area contributed by atoms with Crippen molar-refractivity contribution in [1.82, 2.24) is 0 Å². The number of anilines is 1. The quantitative estimate of drug-likeness (QED) is 0.846. The second-order valence-corrected chi connectivity index (χ2v) is 5.89. The van der Waals surface area contributed by atoms with Crippen LogP contribution in [0, 0.1) is 5.41 Å². The molecule has 0 spiro atoms. The number of hydrogen-bond acceptors (Lipinski definition) is 2. The van der Waals surface area contributed by atoms with Crippen LogP contribution in [0.25, 0.3) is 0 Å². The third kappa shape index (κ3) is 2.81. The number of aliphatic hydroxyl groups is 1. The zero-order chi connectivity index (χ0) is 12.5. The van der Waals surface area contributed by atoms with Gasteiger partial charge in [-0.3, -0.25) is 0 Å². The third-order valence-electron chi connectivity index (χ3n) is 3.84. The predicted molar refractivity (Wildman–Crippen MR) is 72.3 cm³/mol. The van der Waals surface area contributed by atoms with Crippen molar-refractivity contribution in [2.45, 2.75) is 39.7 Å². The van der Waals surface area contributed by atoms with Gasteiger partial charge in [-0.1, -0.05) is 32.0 Å². The zero-order valence-corrected chi connectivity index (χ0v) is 11.1. The molecule has 94 valence electrons. The van der Waals surface area contributed by atoms with Crippen LogP contribution in [0.3, 0.4) is 0 Å². The Bertz CT molecular complexity index is 374. The van der Waals surface area contributed by atoms with Crippen LogP contribution in [0.4, 0.5) is 5.69 Å². The maximum absolute atomic E-state index is 9.81. The van der Waals surface area contributed by atoms with Crippen molar-refractivity contribution < 1.29 is 5.11 Å². The summed E-state index contributed by atoms with van der Waals surface area (Å²) < 4.78 is 0. The molecule has 1 heterocycles. The molecule has 0 unspecified atom stereocenters. The summed E-state index contributed by atoms with van der Waals surface area (Å²) in [7, 11) is 0. The Labute approximate surface area is 104 Å². The third-order valence-corrected chi connectivity index (χ3v) is 3.84. The first-order valence-electron chi connectivity index (χ1n) is 6.51. The maximum Gasteiger partial charge on any atom is 0.0781 e. The molecule has 0 saturated carbocycles. The maximum atomic E-state index is 9.81. The lowest BCUT2D eigenvalue weighted by atomic mass is 9.82. The number of hydrogen-bond donors (Lipinski definition) is 1. The van der Waals surface area contributed by atoms with Crippen LogP contribution in [0.1, 0.15) is 45.3 Å². The van der Waals surface area contributed by atoms with Crippen molar-refractivity contribution in [2.75, 3.05) is 18.0 Å². The standard InChI is InChI=1S/C15H23NO/c1-12(17)13-6-4-5-7-14(13)16-10-8-15(2,3)9-11-16/h4-7,12,17H,8-11H2,1-3H3/t12-/m1/s1. The van der Waals surface area contributed by atoms with Crippen LogP contribution in [0.2, 0.25) is 0 Å². The van der Waals surface area contributed by atoms with Crippen molar-refractivity contribution in [2.24, 2.45) is 5.41 Å². The van der Waals surface area contributed by atoms with Crippen molar-refractivity contribution in [3.8, 4) is 0 Å². The molecule has 0 radical (unpaired) electrons. The van der Waals surface area contributed by atoms with E-state index in [-0.39, 0.29) is 6.10 Å². The minimum atomic E-state index is -0.388. The summed E-state index contributed by atoms with van der Waals surface area (Å²) in [5, 5.41) is 9.81. The number of aliphatic hydroxyl groups excluding tert-OH is 1. The van der Waals surface area contributed by atoms with E-state index in [0.717, 1.165) is 18.7 Å². The monoisotopic (exact) mass is 233 g/mol. The minimum Gasteiger partial charge on any atom is -0.389 e. The van der Waals surface area contributed by atoms with Crippen LogP contribution in [-0.4, -0.2) is 18.2 Å². The molecule has 0 bridgehead atoms. The first-order chi connectivity index (χ1) is 7.99. The summed E-state index contributed by atoms with van der Waals surface area (Å²) >= 11 is 0. The molecular weight excluding hydrogens is 210 g/mol. The van der Waals surface area contributed by atoms with E-state index in [1.165, 1.54) is 18.5 Å². The summed E-state index contributed by atoms with van der Waals surface area (Å²) in [5.41, 5.74) is 2.72. The average Bonchev–Trinajstić information content (AvgIpc) is 2.29. The van der Waals surface area contributed by atoms with E-state index in [1.807, 2.05) is 19.1 Å². The van der Waals surface area contributed by atoms with Crippen molar-refractivity contribution >= 4 is 5.69 Å². The van der Waals surface area contributed by atoms with Gasteiger partial charge in [0, 0.05) is 24.3 Å². The van der Waals surface area contributed by atoms with Crippen LogP contribution in [-0.2, 0) is 0 Å². The molecule has 2 nitrogen and oxygen atoms in total. The average molecular weight is 233 g/mol. The van der Waals surface area contributed by atoms with Gasteiger partial charge in [0.05, 0.1) is 6.10 Å². The molecule has 1 atom stereocenters. The highest BCUT2D eigenvalue weighted by Gasteiger charge is 2.26. The van der Waals surface area contributed by atoms with Gasteiger partial charge in [-0.15, -0.1) is 0 Å². The van der Waals surface area contributed by atoms with Gasteiger partial charge in [-0.25, -0.2) is 0 Å². The number of nitrogens with zero attached hydrogens (tertiary/aromatic N) is 1. The van der Waals surface area contributed by atoms with E-state index in [0.29, 0.717) is 5.41 Å². The van der Waals surface area contributed by atoms with E-state index < -0.39 is 0 Å². The van der Waals surface area contributed by atoms with Crippen LogP contribution in [0.15, 0.2) is 24.3 Å². The van der Waals surface area contributed by atoms with Crippen molar-refractivity contribution in [3.05, 3.63) is 29.8 Å². The Morgan fingerprint density at radius 3 is 2.35 bits per heavy atom. The molecule has 2 heteroatoms. The molecule has 1 N–H and O–H groups in total. The largest absolute Gasteiger partial charge is 0.389 e. The first-order valence-corrected chi connectivity index (χ1v) is 6.51. The smallest absolute Gasteiger partial charge is 0.0781 e. The summed E-state index contributed by atoms with van der Waals surface area (Å²) in [6, 6.07) is 8.21. The molecule has 17 heavy (non-hydrogen) atoms. The Hall–Kier alpha value is -1.02. The lowest BCUT2D eigenvalue weighted by Crippen LogP contribution is -2.37. The topological polar surface area (TPSA) is 23.5 Å². The second kappa shape index (κ2) is 4.69. The summed E-state index contributed by atoms with van der Waals surface area (Å²) in [6.07, 6.45) is 2.06. The van der Waals surface area contributed by atoms with Crippen LogP contribution >= 0.6 is 0 Å². The number of para-hydroxylation sites is 1. The molecule has 0 amide bonds. The predicted octanol–water partition coefficient (Wildman–Crippen LogP) is 3.37. The number of rotatable bonds is 2. The van der Waals surface area contributed by atoms with Gasteiger partial charge >= 0.3 is 0 Å². The van der Waals surface area contributed by atoms with Crippen LogP contribution < -0.4 is 4.90 Å². The minimum absolute atomic E-state index is 0.388. The number of piperidine rings is 1. The van der Waals surface area contributed by atoms with Crippen molar-refractivity contribution in [3.63, 3.8) is 0 Å². The first kappa shape index (κ1) is 12.4. The molecule has 0 aromatic heterocycles. The lowest BCUT2D eigenvalue weighted by Gasteiger charge is -2.39. The van der Waals surface area contributed by atoms with Gasteiger partial charge in [0.25, 0.3) is 0 Å². The summed E-state index contributed by atoms with van der Waals surface area (Å²) in [6.45, 7) is 8.70. The highest BCUT2D eigenvalue weighted by atomic mass is 16.3. The van der Waals surface area contributed by atoms with E-state index in [2.05, 4.69) is 30.9 Å². The highest BCUT2D eigenvalue weighted by molar-refractivity contribution is 5.54. The Morgan fingerprint density at radius 2 is 1.76 bits per heavy atom. The Morgan fingerprint density at radius 1 is 1.18 bits per heavy atom. The summed E-state index contributed by atoms with van der Waals surface area (Å²) in [4.78, 5) is 2.41. The van der Waals surface area contributed by atoms with E-state index in [1.54, 1.807) is 0 Å². The molecule has 1 saturated heterocycles. The second-order valence-electron chi connectivity index (χ2n) is 5.89. The normalized spacial score (nSPS) is 21.3. The van der Waals surface area contributed by atoms with Gasteiger partial charge in [-0.2, -0.15) is 0 Å². The molecule has 0 aliphatic carbocycles. The fourth-order valence-corrected chi connectivity index (χ4v) is 2.48. The van der Waals surface area contributed by atoms with E-state index >= 15 is 0 Å². The number of benzene rings is 1. The molecule has 1 aromatic rings. The van der Waals surface area contributed by atoms with Crippen molar-refractivity contribution in [1.29, 1.82) is 0 Å². The van der Waals surface area contributed by atoms with Gasteiger partial charge in [0.15, 0.2) is 0 Å². The lowest BCUT2D eigenvalue weighted by molar-refractivity contribution is 0.199. The van der Waals surface area contributed by atoms with Crippen LogP contribution in [0.5, 0.6) is 0 Å². The molecular formula is C15H23NO. The molecule has 1 aromatic carbocycles. The van der Waals surface area contributed by atoms with Gasteiger partial charge < -0.3 is 10.0 Å². The summed E-state index contributed by atoms with van der Waals surface area (Å²) in [5.74, 6) is 0. The Kier molecular flexibility index (Phi) is 3.43. The van der Waals surface area contributed by atoms with E-state index in [4.69, 9.17) is 0 Å². The highest BCUT2D eigenvalue weighted by Crippen LogP contribution is 2.34. The van der Waals surface area contributed by atoms with Gasteiger partial charge in [0.1, 0.15) is 0 Å². The van der Waals surface area contributed by atoms with Gasteiger partial charge in [-0.05, 0) is 31.2 Å².